The van der Waals surface area contributed by atoms with Crippen molar-refractivity contribution in [2.24, 2.45) is 5.92 Å². The van der Waals surface area contributed by atoms with Crippen LogP contribution in [-0.2, 0) is 20.8 Å². The molecule has 0 radical (unpaired) electrons. The maximum atomic E-state index is 12.6. The Bertz CT molecular complexity index is 916. The van der Waals surface area contributed by atoms with Crippen LogP contribution in [0.5, 0.6) is 0 Å². The lowest BCUT2D eigenvalue weighted by atomic mass is 10.1. The minimum Gasteiger partial charge on any atom is -0.451 e. The largest absolute Gasteiger partial charge is 0.451 e. The summed E-state index contributed by atoms with van der Waals surface area (Å²) >= 11 is 0. The van der Waals surface area contributed by atoms with Crippen molar-refractivity contribution in [3.63, 3.8) is 0 Å². The van der Waals surface area contributed by atoms with Crippen LogP contribution in [0, 0.1) is 5.92 Å². The van der Waals surface area contributed by atoms with E-state index in [9.17, 15) is 14.4 Å². The van der Waals surface area contributed by atoms with Crippen LogP contribution >= 0.6 is 0 Å². The summed E-state index contributed by atoms with van der Waals surface area (Å²) < 4.78 is 11.9. The third-order valence-corrected chi connectivity index (χ3v) is 4.48. The van der Waals surface area contributed by atoms with E-state index in [0.29, 0.717) is 30.5 Å². The van der Waals surface area contributed by atoms with Gasteiger partial charge in [-0.05, 0) is 24.8 Å². The molecule has 2 aromatic rings. The van der Waals surface area contributed by atoms with Gasteiger partial charge >= 0.3 is 5.97 Å². The van der Waals surface area contributed by atoms with Crippen LogP contribution in [0.1, 0.15) is 37.2 Å². The van der Waals surface area contributed by atoms with Gasteiger partial charge in [0.05, 0.1) is 11.5 Å². The van der Waals surface area contributed by atoms with Crippen LogP contribution in [0.3, 0.4) is 0 Å². The lowest BCUT2D eigenvalue weighted by Crippen LogP contribution is -2.35. The van der Waals surface area contributed by atoms with E-state index in [1.807, 2.05) is 13.8 Å². The Morgan fingerprint density at radius 2 is 2.07 bits per heavy atom. The summed E-state index contributed by atoms with van der Waals surface area (Å²) in [6, 6.07) is 6.76. The normalized spacial score (nSPS) is 16.5. The molecule has 0 saturated carbocycles. The second-order valence-corrected chi connectivity index (χ2v) is 7.29. The molecule has 150 valence electrons. The Morgan fingerprint density at radius 3 is 2.75 bits per heavy atom. The highest BCUT2D eigenvalue weighted by Crippen LogP contribution is 2.15. The number of aromatic nitrogens is 2. The van der Waals surface area contributed by atoms with Crippen LogP contribution in [0.15, 0.2) is 29.1 Å². The first-order valence-electron chi connectivity index (χ1n) is 9.51. The minimum absolute atomic E-state index is 0.0184. The number of ether oxygens (including phenoxy) is 2. The molecule has 8 heteroatoms. The summed E-state index contributed by atoms with van der Waals surface area (Å²) in [7, 11) is 0. The smallest absolute Gasteiger partial charge is 0.359 e. The van der Waals surface area contributed by atoms with E-state index < -0.39 is 18.5 Å². The molecule has 1 saturated heterocycles. The molecule has 0 bridgehead atoms. The lowest BCUT2D eigenvalue weighted by molar-refractivity contribution is -0.124. The van der Waals surface area contributed by atoms with E-state index in [0.717, 1.165) is 12.8 Å². The molecule has 3 rings (SSSR count). The van der Waals surface area contributed by atoms with E-state index in [-0.39, 0.29) is 23.3 Å². The van der Waals surface area contributed by atoms with Crippen LogP contribution < -0.4 is 10.9 Å². The zero-order chi connectivity index (χ0) is 20.1. The van der Waals surface area contributed by atoms with Gasteiger partial charge in [-0.3, -0.25) is 9.59 Å². The Kier molecular flexibility index (Phi) is 6.41. The van der Waals surface area contributed by atoms with Gasteiger partial charge < -0.3 is 14.8 Å². The van der Waals surface area contributed by atoms with E-state index in [4.69, 9.17) is 9.47 Å². The highest BCUT2D eigenvalue weighted by Gasteiger charge is 2.20. The molecule has 1 aromatic carbocycles. The molecule has 1 fully saturated rings. The zero-order valence-electron chi connectivity index (χ0n) is 16.1. The standard InChI is InChI=1S/C20H25N3O5/c1-13(2)11-23-19(25)16-8-4-3-7-15(16)18(22-23)20(26)28-12-17(24)21-10-14-6-5-9-27-14/h3-4,7-8,13-14H,5-6,9-12H2,1-2H3,(H,21,24)/t14-/m0/s1. The topological polar surface area (TPSA) is 99.5 Å². The lowest BCUT2D eigenvalue weighted by Gasteiger charge is -2.13. The van der Waals surface area contributed by atoms with E-state index in [2.05, 4.69) is 10.4 Å². The van der Waals surface area contributed by atoms with Gasteiger partial charge in [0.2, 0.25) is 0 Å². The molecular formula is C20H25N3O5. The number of hydrogen-bond donors (Lipinski definition) is 1. The van der Waals surface area contributed by atoms with Gasteiger partial charge in [0.1, 0.15) is 0 Å². The highest BCUT2D eigenvalue weighted by atomic mass is 16.5. The number of nitrogens with zero attached hydrogens (tertiary/aromatic N) is 2. The third kappa shape index (κ3) is 4.75. The van der Waals surface area contributed by atoms with Crippen molar-refractivity contribution in [3.8, 4) is 0 Å². The molecule has 1 aliphatic rings. The molecule has 8 nitrogen and oxygen atoms in total. The van der Waals surface area contributed by atoms with Crippen molar-refractivity contribution in [2.75, 3.05) is 19.8 Å². The number of hydrogen-bond acceptors (Lipinski definition) is 6. The number of esters is 1. The van der Waals surface area contributed by atoms with Crippen LogP contribution in [0.4, 0.5) is 0 Å². The molecule has 1 aliphatic heterocycles. The van der Waals surface area contributed by atoms with Crippen LogP contribution in [0.2, 0.25) is 0 Å². The number of carbonyl (C=O) groups excluding carboxylic acids is 2. The number of carbonyl (C=O) groups is 2. The molecular weight excluding hydrogens is 362 g/mol. The predicted octanol–water partition coefficient (Wildman–Crippen LogP) is 1.50. The summed E-state index contributed by atoms with van der Waals surface area (Å²) in [5.74, 6) is -0.955. The zero-order valence-corrected chi connectivity index (χ0v) is 16.1. The van der Waals surface area contributed by atoms with Crippen molar-refractivity contribution < 1.29 is 19.1 Å². The first-order chi connectivity index (χ1) is 13.5. The molecule has 0 spiro atoms. The van der Waals surface area contributed by atoms with Gasteiger partial charge in [-0.15, -0.1) is 0 Å². The van der Waals surface area contributed by atoms with Crippen molar-refractivity contribution in [3.05, 3.63) is 40.3 Å². The summed E-state index contributed by atoms with van der Waals surface area (Å²) in [6.07, 6.45) is 1.91. The van der Waals surface area contributed by atoms with Crippen molar-refractivity contribution in [1.29, 1.82) is 0 Å². The molecule has 1 amide bonds. The molecule has 0 unspecified atom stereocenters. The fraction of sp³-hybridized carbons (Fsp3) is 0.500. The Hall–Kier alpha value is -2.74. The van der Waals surface area contributed by atoms with Gasteiger partial charge in [0.25, 0.3) is 11.5 Å². The van der Waals surface area contributed by atoms with Crippen molar-refractivity contribution >= 4 is 22.6 Å². The molecule has 0 aliphatic carbocycles. The van der Waals surface area contributed by atoms with Crippen molar-refractivity contribution in [1.82, 2.24) is 15.1 Å². The van der Waals surface area contributed by atoms with Crippen LogP contribution in [-0.4, -0.2) is 47.5 Å². The van der Waals surface area contributed by atoms with Gasteiger partial charge in [0.15, 0.2) is 12.3 Å². The summed E-state index contributed by atoms with van der Waals surface area (Å²) in [5, 5.41) is 7.71. The summed E-state index contributed by atoms with van der Waals surface area (Å²) in [6.45, 7) is 4.99. The Labute approximate surface area is 162 Å². The van der Waals surface area contributed by atoms with E-state index >= 15 is 0 Å². The fourth-order valence-corrected chi connectivity index (χ4v) is 3.14. The maximum Gasteiger partial charge on any atom is 0.359 e. The van der Waals surface area contributed by atoms with Gasteiger partial charge in [-0.25, -0.2) is 9.48 Å². The molecule has 1 aromatic heterocycles. The number of fused-ring (bicyclic) bond motifs is 1. The summed E-state index contributed by atoms with van der Waals surface area (Å²) in [4.78, 5) is 37.1. The summed E-state index contributed by atoms with van der Waals surface area (Å²) in [5.41, 5.74) is -0.224. The second-order valence-electron chi connectivity index (χ2n) is 7.29. The highest BCUT2D eigenvalue weighted by molar-refractivity contribution is 6.02. The van der Waals surface area contributed by atoms with Crippen LogP contribution in [0.25, 0.3) is 10.8 Å². The quantitative estimate of drug-likeness (QED) is 0.723. The SMILES string of the molecule is CC(C)Cn1nc(C(=O)OCC(=O)NC[C@@H]2CCCO2)c2ccccc2c1=O. The number of amides is 1. The molecule has 2 heterocycles. The van der Waals surface area contributed by atoms with E-state index in [1.54, 1.807) is 24.3 Å². The Morgan fingerprint density at radius 1 is 1.32 bits per heavy atom. The number of nitrogens with one attached hydrogen (secondary N) is 1. The predicted molar refractivity (Wildman–Crippen MR) is 103 cm³/mol. The minimum atomic E-state index is -0.735. The fourth-order valence-electron chi connectivity index (χ4n) is 3.14. The molecule has 1 N–H and O–H groups in total. The van der Waals surface area contributed by atoms with Crippen molar-refractivity contribution in [2.45, 2.75) is 39.3 Å². The first kappa shape index (κ1) is 20.0. The van der Waals surface area contributed by atoms with Gasteiger partial charge in [-0.1, -0.05) is 32.0 Å². The monoisotopic (exact) mass is 387 g/mol. The molecule has 1 atom stereocenters. The second kappa shape index (κ2) is 8.97. The average molecular weight is 387 g/mol. The molecule has 28 heavy (non-hydrogen) atoms. The number of benzene rings is 1. The van der Waals surface area contributed by atoms with E-state index in [1.165, 1.54) is 4.68 Å². The van der Waals surface area contributed by atoms with Gasteiger partial charge in [-0.2, -0.15) is 5.10 Å². The van der Waals surface area contributed by atoms with Gasteiger partial charge in [0, 0.05) is 25.1 Å². The first-order valence-corrected chi connectivity index (χ1v) is 9.51. The number of rotatable bonds is 7. The average Bonchev–Trinajstić information content (AvgIpc) is 3.20. The maximum absolute atomic E-state index is 12.6. The third-order valence-electron chi connectivity index (χ3n) is 4.48. The Balaban J connectivity index is 1.72.